The van der Waals surface area contributed by atoms with Crippen molar-refractivity contribution in [3.8, 4) is 0 Å². The predicted octanol–water partition coefficient (Wildman–Crippen LogP) is 3.20. The van der Waals surface area contributed by atoms with E-state index in [9.17, 15) is 13.2 Å². The highest BCUT2D eigenvalue weighted by atomic mass is 32.2. The number of thioether (sulfide) groups is 1. The zero-order valence-electron chi connectivity index (χ0n) is 15.9. The van der Waals surface area contributed by atoms with Gasteiger partial charge in [-0.05, 0) is 31.5 Å². The van der Waals surface area contributed by atoms with Crippen molar-refractivity contribution < 1.29 is 13.2 Å². The lowest BCUT2D eigenvalue weighted by Gasteiger charge is -2.28. The number of nitrogens with one attached hydrogen (secondary N) is 1. The first-order chi connectivity index (χ1) is 12.8. The van der Waals surface area contributed by atoms with E-state index in [1.54, 1.807) is 49.0 Å². The highest BCUT2D eigenvalue weighted by molar-refractivity contribution is 7.98. The molecule has 0 aliphatic rings. The molecule has 0 spiro atoms. The number of amides is 1. The summed E-state index contributed by atoms with van der Waals surface area (Å²) in [5.74, 6) is 1.34. The lowest BCUT2D eigenvalue weighted by atomic mass is 10.2. The summed E-state index contributed by atoms with van der Waals surface area (Å²) in [5.41, 5.74) is 2.97. The normalized spacial score (nSPS) is 12.4. The molecule has 146 valence electrons. The molecular formula is C20H26N2O3S2. The molecule has 0 saturated heterocycles. The topological polar surface area (TPSA) is 66.5 Å². The van der Waals surface area contributed by atoms with Gasteiger partial charge in [-0.3, -0.25) is 9.10 Å². The Morgan fingerprint density at radius 1 is 1.11 bits per heavy atom. The van der Waals surface area contributed by atoms with Crippen molar-refractivity contribution >= 4 is 33.4 Å². The second-order valence-corrected chi connectivity index (χ2v) is 9.36. The number of para-hydroxylation sites is 1. The molecule has 0 fully saturated rings. The second kappa shape index (κ2) is 9.80. The molecular weight excluding hydrogens is 380 g/mol. The number of hydrogen-bond donors (Lipinski definition) is 1. The minimum absolute atomic E-state index is 0.305. The monoisotopic (exact) mass is 406 g/mol. The first-order valence-electron chi connectivity index (χ1n) is 8.74. The smallest absolute Gasteiger partial charge is 0.243 e. The predicted molar refractivity (Wildman–Crippen MR) is 114 cm³/mol. The molecule has 5 nitrogen and oxygen atoms in total. The van der Waals surface area contributed by atoms with Gasteiger partial charge in [-0.15, -0.1) is 0 Å². The van der Waals surface area contributed by atoms with Crippen LogP contribution in [0.1, 0.15) is 18.1 Å². The molecule has 7 heteroatoms. The Bertz CT molecular complexity index is 837. The van der Waals surface area contributed by atoms with Gasteiger partial charge in [0.1, 0.15) is 6.04 Å². The zero-order valence-corrected chi connectivity index (χ0v) is 17.5. The number of carbonyl (C=O) groups excluding carboxylic acids is 1. The van der Waals surface area contributed by atoms with Crippen LogP contribution >= 0.6 is 11.8 Å². The third-order valence-electron chi connectivity index (χ3n) is 4.03. The fourth-order valence-corrected chi connectivity index (χ4v) is 4.65. The van der Waals surface area contributed by atoms with Crippen molar-refractivity contribution in [1.82, 2.24) is 5.32 Å². The van der Waals surface area contributed by atoms with Gasteiger partial charge in [0, 0.05) is 18.1 Å². The van der Waals surface area contributed by atoms with Crippen molar-refractivity contribution in [3.63, 3.8) is 0 Å². The molecule has 0 aliphatic carbocycles. The molecule has 2 rings (SSSR count). The Morgan fingerprint density at radius 2 is 1.74 bits per heavy atom. The van der Waals surface area contributed by atoms with Gasteiger partial charge < -0.3 is 5.32 Å². The van der Waals surface area contributed by atoms with E-state index in [4.69, 9.17) is 0 Å². The molecule has 0 aromatic heterocycles. The van der Waals surface area contributed by atoms with Crippen molar-refractivity contribution in [2.45, 2.75) is 25.6 Å². The molecule has 2 aromatic carbocycles. The van der Waals surface area contributed by atoms with Gasteiger partial charge in [-0.1, -0.05) is 48.0 Å². The van der Waals surface area contributed by atoms with Crippen molar-refractivity contribution in [2.24, 2.45) is 0 Å². The summed E-state index contributed by atoms with van der Waals surface area (Å²) in [6.45, 7) is 4.15. The molecule has 0 heterocycles. The minimum atomic E-state index is -3.57. The molecule has 2 aromatic rings. The minimum Gasteiger partial charge on any atom is -0.353 e. The molecule has 1 N–H and O–H groups in total. The maximum atomic E-state index is 12.4. The number of benzene rings is 2. The second-order valence-electron chi connectivity index (χ2n) is 6.40. The van der Waals surface area contributed by atoms with Crippen LogP contribution in [0.25, 0.3) is 0 Å². The maximum Gasteiger partial charge on any atom is 0.243 e. The fourth-order valence-electron chi connectivity index (χ4n) is 2.65. The van der Waals surface area contributed by atoms with Crippen LogP contribution in [0, 0.1) is 6.92 Å². The van der Waals surface area contributed by atoms with Crippen molar-refractivity contribution in [3.05, 3.63) is 65.7 Å². The molecule has 1 unspecified atom stereocenters. The fraction of sp³-hybridized carbons (Fsp3) is 0.350. The summed E-state index contributed by atoms with van der Waals surface area (Å²) in [6, 6.07) is 16.2. The van der Waals surface area contributed by atoms with Crippen molar-refractivity contribution in [1.29, 1.82) is 0 Å². The highest BCUT2D eigenvalue weighted by Gasteiger charge is 2.28. The van der Waals surface area contributed by atoms with Crippen LogP contribution in [0.4, 0.5) is 5.69 Å². The highest BCUT2D eigenvalue weighted by Crippen LogP contribution is 2.20. The number of aryl methyl sites for hydroxylation is 1. The molecule has 1 atom stereocenters. The lowest BCUT2D eigenvalue weighted by molar-refractivity contribution is -0.121. The molecule has 0 bridgehead atoms. The number of sulfonamides is 1. The first kappa shape index (κ1) is 21.3. The van der Waals surface area contributed by atoms with Crippen LogP contribution in [0.15, 0.2) is 54.6 Å². The molecule has 0 radical (unpaired) electrons. The first-order valence-corrected chi connectivity index (χ1v) is 11.7. The molecule has 27 heavy (non-hydrogen) atoms. The SMILES string of the molecule is Cc1ccc(CSCCNC(=O)C(C)N(c2ccccc2)S(C)(=O)=O)cc1. The standard InChI is InChI=1S/C20H26N2O3S2/c1-16-9-11-18(12-10-16)15-26-14-13-21-20(23)17(2)22(27(3,24)25)19-7-5-4-6-8-19/h4-12,17H,13-15H2,1-3H3,(H,21,23). The molecule has 1 amide bonds. The average molecular weight is 407 g/mol. The van der Waals surface area contributed by atoms with Crippen LogP contribution in [0.3, 0.4) is 0 Å². The van der Waals surface area contributed by atoms with Crippen molar-refractivity contribution in [2.75, 3.05) is 22.9 Å². The van der Waals surface area contributed by atoms with Crippen LogP contribution in [-0.2, 0) is 20.6 Å². The van der Waals surface area contributed by atoms with E-state index in [1.165, 1.54) is 11.1 Å². The van der Waals surface area contributed by atoms with Crippen LogP contribution < -0.4 is 9.62 Å². The van der Waals surface area contributed by atoms with Crippen LogP contribution in [0.5, 0.6) is 0 Å². The van der Waals surface area contributed by atoms with Gasteiger partial charge in [0.15, 0.2) is 0 Å². The molecule has 0 aliphatic heterocycles. The van der Waals surface area contributed by atoms with E-state index >= 15 is 0 Å². The summed E-state index contributed by atoms with van der Waals surface area (Å²) in [7, 11) is -3.57. The Balaban J connectivity index is 1.85. The number of carbonyl (C=O) groups is 1. The van der Waals surface area contributed by atoms with E-state index < -0.39 is 16.1 Å². The van der Waals surface area contributed by atoms with E-state index in [0.717, 1.165) is 22.1 Å². The summed E-state index contributed by atoms with van der Waals surface area (Å²) in [4.78, 5) is 12.4. The third-order valence-corrected chi connectivity index (χ3v) is 6.31. The van der Waals surface area contributed by atoms with Gasteiger partial charge >= 0.3 is 0 Å². The summed E-state index contributed by atoms with van der Waals surface area (Å²) < 4.78 is 25.5. The van der Waals surface area contributed by atoms with Crippen LogP contribution in [0.2, 0.25) is 0 Å². The van der Waals surface area contributed by atoms with Gasteiger partial charge in [-0.2, -0.15) is 11.8 Å². The van der Waals surface area contributed by atoms with Gasteiger partial charge in [-0.25, -0.2) is 8.42 Å². The van der Waals surface area contributed by atoms with E-state index in [0.29, 0.717) is 12.2 Å². The Labute approximate surface area is 166 Å². The van der Waals surface area contributed by atoms with Gasteiger partial charge in [0.25, 0.3) is 0 Å². The number of nitrogens with zero attached hydrogens (tertiary/aromatic N) is 1. The van der Waals surface area contributed by atoms with Gasteiger partial charge in [0.05, 0.1) is 11.9 Å². The number of hydrogen-bond acceptors (Lipinski definition) is 4. The Morgan fingerprint density at radius 3 is 2.33 bits per heavy atom. The van der Waals surface area contributed by atoms with Crippen LogP contribution in [-0.4, -0.2) is 38.9 Å². The average Bonchev–Trinajstić information content (AvgIpc) is 2.62. The lowest BCUT2D eigenvalue weighted by Crippen LogP contribution is -2.48. The summed E-state index contributed by atoms with van der Waals surface area (Å²) in [5, 5.41) is 2.83. The summed E-state index contributed by atoms with van der Waals surface area (Å²) in [6.07, 6.45) is 1.11. The van der Waals surface area contributed by atoms with E-state index in [2.05, 4.69) is 36.5 Å². The third kappa shape index (κ3) is 6.59. The van der Waals surface area contributed by atoms with E-state index in [-0.39, 0.29) is 5.91 Å². The number of anilines is 1. The quantitative estimate of drug-likeness (QED) is 0.650. The maximum absolute atomic E-state index is 12.4. The van der Waals surface area contributed by atoms with E-state index in [1.807, 2.05) is 0 Å². The zero-order chi connectivity index (χ0) is 19.9. The van der Waals surface area contributed by atoms with Gasteiger partial charge in [0.2, 0.25) is 15.9 Å². The Kier molecular flexibility index (Phi) is 7.74. The largest absolute Gasteiger partial charge is 0.353 e. The number of rotatable bonds is 9. The Hall–Kier alpha value is -1.99. The summed E-state index contributed by atoms with van der Waals surface area (Å²) >= 11 is 1.73. The molecule has 0 saturated carbocycles.